The molecule has 0 aliphatic heterocycles. The molecule has 1 spiro atoms. The summed E-state index contributed by atoms with van der Waals surface area (Å²) in [6.45, 7) is 0. The van der Waals surface area contributed by atoms with Crippen LogP contribution in [0.2, 0.25) is 0 Å². The normalized spacial score (nSPS) is 30.1. The molecule has 2 fully saturated rings. The number of esters is 1. The fourth-order valence-electron chi connectivity index (χ4n) is 3.94. The lowest BCUT2D eigenvalue weighted by atomic mass is 9.60. The van der Waals surface area contributed by atoms with E-state index in [1.165, 1.54) is 13.5 Å². The van der Waals surface area contributed by atoms with Gasteiger partial charge in [-0.1, -0.05) is 25.7 Å². The summed E-state index contributed by atoms with van der Waals surface area (Å²) in [6.07, 6.45) is 8.26. The summed E-state index contributed by atoms with van der Waals surface area (Å²) in [6, 6.07) is 0. The van der Waals surface area contributed by atoms with Crippen LogP contribution in [0.3, 0.4) is 0 Å². The third-order valence-electron chi connectivity index (χ3n) is 4.79. The molecule has 0 radical (unpaired) electrons. The largest absolute Gasteiger partial charge is 0.469 e. The fraction of sp³-hybridized carbons (Fsp3) is 0.929. The first-order valence-electron chi connectivity index (χ1n) is 7.34. The first-order valence-corrected chi connectivity index (χ1v) is 9.16. The minimum Gasteiger partial charge on any atom is -0.469 e. The van der Waals surface area contributed by atoms with E-state index in [9.17, 15) is 13.2 Å². The Balaban J connectivity index is 2.31. The van der Waals surface area contributed by atoms with Gasteiger partial charge in [-0.2, -0.15) is 8.42 Å². The third-order valence-corrected chi connectivity index (χ3v) is 5.35. The molecular formula is C14H24O5S. The molecule has 20 heavy (non-hydrogen) atoms. The zero-order valence-corrected chi connectivity index (χ0v) is 13.1. The van der Waals surface area contributed by atoms with Crippen molar-refractivity contribution in [3.63, 3.8) is 0 Å². The number of carbonyl (C=O) groups excluding carboxylic acids is 1. The number of rotatable bonds is 3. The Hall–Kier alpha value is -0.620. The lowest BCUT2D eigenvalue weighted by molar-refractivity contribution is -0.157. The summed E-state index contributed by atoms with van der Waals surface area (Å²) in [5.41, 5.74) is -0.168. The molecule has 0 aromatic heterocycles. The minimum atomic E-state index is -3.58. The minimum absolute atomic E-state index is 0.168. The van der Waals surface area contributed by atoms with E-state index in [0.717, 1.165) is 44.8 Å². The van der Waals surface area contributed by atoms with Crippen LogP contribution in [0.15, 0.2) is 0 Å². The molecule has 0 aromatic rings. The highest BCUT2D eigenvalue weighted by Gasteiger charge is 2.50. The molecule has 0 saturated heterocycles. The van der Waals surface area contributed by atoms with E-state index in [1.54, 1.807) is 0 Å². The quantitative estimate of drug-likeness (QED) is 0.591. The fourth-order valence-corrected chi connectivity index (χ4v) is 4.65. The lowest BCUT2D eigenvalue weighted by Crippen LogP contribution is -2.50. The van der Waals surface area contributed by atoms with E-state index < -0.39 is 22.1 Å². The third kappa shape index (κ3) is 3.34. The van der Waals surface area contributed by atoms with Crippen molar-refractivity contribution in [1.29, 1.82) is 0 Å². The number of hydrogen-bond donors (Lipinski definition) is 0. The molecule has 0 unspecified atom stereocenters. The summed E-state index contributed by atoms with van der Waals surface area (Å²) in [5.74, 6) is -0.801. The van der Waals surface area contributed by atoms with Gasteiger partial charge in [-0.25, -0.2) is 0 Å². The predicted molar refractivity (Wildman–Crippen MR) is 74.6 cm³/mol. The molecule has 0 heterocycles. The van der Waals surface area contributed by atoms with Crippen LogP contribution in [0, 0.1) is 11.3 Å². The van der Waals surface area contributed by atoms with Gasteiger partial charge in [0.15, 0.2) is 0 Å². The van der Waals surface area contributed by atoms with Crippen LogP contribution in [-0.2, 0) is 23.8 Å². The monoisotopic (exact) mass is 304 g/mol. The summed E-state index contributed by atoms with van der Waals surface area (Å²) in [5, 5.41) is 0. The van der Waals surface area contributed by atoms with E-state index in [2.05, 4.69) is 0 Å². The average Bonchev–Trinajstić information content (AvgIpc) is 2.40. The molecule has 2 rings (SSSR count). The molecule has 0 bridgehead atoms. The Morgan fingerprint density at radius 2 is 1.70 bits per heavy atom. The van der Waals surface area contributed by atoms with Gasteiger partial charge in [0.1, 0.15) is 0 Å². The van der Waals surface area contributed by atoms with E-state index in [0.29, 0.717) is 6.42 Å². The molecule has 116 valence electrons. The molecule has 2 aliphatic rings. The van der Waals surface area contributed by atoms with E-state index in [-0.39, 0.29) is 11.4 Å². The summed E-state index contributed by atoms with van der Waals surface area (Å²) < 4.78 is 33.4. The highest BCUT2D eigenvalue weighted by molar-refractivity contribution is 7.86. The molecule has 6 heteroatoms. The molecule has 0 aromatic carbocycles. The van der Waals surface area contributed by atoms with Crippen molar-refractivity contribution < 1.29 is 22.1 Å². The second-order valence-electron chi connectivity index (χ2n) is 6.17. The Morgan fingerprint density at radius 1 is 1.10 bits per heavy atom. The molecule has 5 nitrogen and oxygen atoms in total. The Bertz CT molecular complexity index is 445. The van der Waals surface area contributed by atoms with Gasteiger partial charge in [0, 0.05) is 0 Å². The van der Waals surface area contributed by atoms with Crippen LogP contribution in [0.1, 0.15) is 51.4 Å². The van der Waals surface area contributed by atoms with Gasteiger partial charge in [0.2, 0.25) is 0 Å². The Kier molecular flexibility index (Phi) is 4.74. The lowest BCUT2D eigenvalue weighted by Gasteiger charge is -2.48. The van der Waals surface area contributed by atoms with Crippen LogP contribution >= 0.6 is 0 Å². The standard InChI is InChI=1S/C14H24O5S/c1-18-13(15)11-7-6-10-14(8-4-3-5-9-14)12(11)19-20(2,16)17/h11-12H,3-10H2,1-2H3/t11-,12+/m0/s1. The maximum absolute atomic E-state index is 12.0. The van der Waals surface area contributed by atoms with Crippen molar-refractivity contribution in [2.24, 2.45) is 11.3 Å². The maximum atomic E-state index is 12.0. The summed E-state index contributed by atoms with van der Waals surface area (Å²) >= 11 is 0. The van der Waals surface area contributed by atoms with Gasteiger partial charge in [0.05, 0.1) is 25.4 Å². The maximum Gasteiger partial charge on any atom is 0.311 e. The number of ether oxygens (including phenoxy) is 1. The van der Waals surface area contributed by atoms with Crippen molar-refractivity contribution in [2.45, 2.75) is 57.5 Å². The topological polar surface area (TPSA) is 69.7 Å². The highest BCUT2D eigenvalue weighted by atomic mass is 32.2. The zero-order valence-electron chi connectivity index (χ0n) is 12.3. The number of hydrogen-bond acceptors (Lipinski definition) is 5. The molecule has 2 aliphatic carbocycles. The van der Waals surface area contributed by atoms with Gasteiger partial charge in [0.25, 0.3) is 10.1 Å². The van der Waals surface area contributed by atoms with E-state index in [4.69, 9.17) is 8.92 Å². The van der Waals surface area contributed by atoms with Crippen molar-refractivity contribution >= 4 is 16.1 Å². The summed E-state index contributed by atoms with van der Waals surface area (Å²) in [4.78, 5) is 12.0. The molecule has 0 N–H and O–H groups in total. The predicted octanol–water partition coefficient (Wildman–Crippen LogP) is 2.25. The zero-order chi connectivity index (χ0) is 14.8. The van der Waals surface area contributed by atoms with Crippen molar-refractivity contribution in [1.82, 2.24) is 0 Å². The molecule has 2 atom stereocenters. The van der Waals surface area contributed by atoms with Gasteiger partial charge in [-0.15, -0.1) is 0 Å². The van der Waals surface area contributed by atoms with Gasteiger partial charge >= 0.3 is 5.97 Å². The van der Waals surface area contributed by atoms with Gasteiger partial charge < -0.3 is 4.74 Å². The van der Waals surface area contributed by atoms with Crippen LogP contribution in [0.5, 0.6) is 0 Å². The van der Waals surface area contributed by atoms with Crippen molar-refractivity contribution in [3.05, 3.63) is 0 Å². The molecular weight excluding hydrogens is 280 g/mol. The second-order valence-corrected chi connectivity index (χ2v) is 7.77. The Morgan fingerprint density at radius 3 is 2.25 bits per heavy atom. The smallest absolute Gasteiger partial charge is 0.311 e. The highest BCUT2D eigenvalue weighted by Crippen LogP contribution is 2.51. The number of carbonyl (C=O) groups is 1. The van der Waals surface area contributed by atoms with E-state index in [1.807, 2.05) is 0 Å². The Labute approximate surface area is 121 Å². The average molecular weight is 304 g/mol. The van der Waals surface area contributed by atoms with Gasteiger partial charge in [-0.3, -0.25) is 8.98 Å². The van der Waals surface area contributed by atoms with Gasteiger partial charge in [-0.05, 0) is 31.1 Å². The molecule has 2 saturated carbocycles. The molecule has 0 amide bonds. The number of methoxy groups -OCH3 is 1. The summed E-state index contributed by atoms with van der Waals surface area (Å²) in [7, 11) is -2.23. The van der Waals surface area contributed by atoms with Crippen LogP contribution in [0.4, 0.5) is 0 Å². The van der Waals surface area contributed by atoms with Crippen LogP contribution < -0.4 is 0 Å². The van der Waals surface area contributed by atoms with E-state index >= 15 is 0 Å². The SMILES string of the molecule is COC(=O)[C@H]1CCCC2(CCCCC2)[C@@H]1OS(C)(=O)=O. The van der Waals surface area contributed by atoms with Crippen LogP contribution in [0.25, 0.3) is 0 Å². The van der Waals surface area contributed by atoms with Crippen molar-refractivity contribution in [2.75, 3.05) is 13.4 Å². The first-order chi connectivity index (χ1) is 9.38. The first kappa shape index (κ1) is 15.8. The van der Waals surface area contributed by atoms with Crippen LogP contribution in [-0.4, -0.2) is 33.9 Å². The van der Waals surface area contributed by atoms with Crippen molar-refractivity contribution in [3.8, 4) is 0 Å². The second kappa shape index (κ2) is 6.02.